The number of furan rings is 1. The zero-order valence-corrected chi connectivity index (χ0v) is 9.68. The van der Waals surface area contributed by atoms with Gasteiger partial charge in [-0.3, -0.25) is 4.79 Å². The average molecular weight is 230 g/mol. The Balaban J connectivity index is 2.14. The summed E-state index contributed by atoms with van der Waals surface area (Å²) in [6, 6.07) is 11.5. The van der Waals surface area contributed by atoms with Gasteiger partial charge in [-0.25, -0.2) is 0 Å². The summed E-state index contributed by atoms with van der Waals surface area (Å²) in [5.41, 5.74) is 2.19. The van der Waals surface area contributed by atoms with Crippen LogP contribution in [0.4, 0.5) is 0 Å². The molecule has 0 fully saturated rings. The molecule has 2 aromatic rings. The Morgan fingerprint density at radius 3 is 2.53 bits per heavy atom. The molecule has 0 unspecified atom stereocenters. The van der Waals surface area contributed by atoms with E-state index in [-0.39, 0.29) is 0 Å². The van der Waals surface area contributed by atoms with Crippen molar-refractivity contribution in [2.75, 3.05) is 13.7 Å². The second kappa shape index (κ2) is 5.46. The number of aldehydes is 1. The zero-order chi connectivity index (χ0) is 12.1. The third-order valence-corrected chi connectivity index (χ3v) is 2.58. The number of hydrogen-bond donors (Lipinski definition) is 0. The standard InChI is InChI=1S/C14H14O3/c1-16-9-8-11-2-4-12(5-3-11)14-7-6-13(10-15)17-14/h2-7,10H,8-9H2,1H3. The topological polar surface area (TPSA) is 39.4 Å². The number of methoxy groups -OCH3 is 1. The fourth-order valence-electron chi connectivity index (χ4n) is 1.63. The second-order valence-electron chi connectivity index (χ2n) is 3.76. The first-order chi connectivity index (χ1) is 8.33. The minimum absolute atomic E-state index is 0.350. The summed E-state index contributed by atoms with van der Waals surface area (Å²) in [5.74, 6) is 1.06. The lowest BCUT2D eigenvalue weighted by atomic mass is 10.1. The van der Waals surface area contributed by atoms with E-state index >= 15 is 0 Å². The number of ether oxygens (including phenoxy) is 1. The van der Waals surface area contributed by atoms with E-state index in [4.69, 9.17) is 9.15 Å². The van der Waals surface area contributed by atoms with E-state index in [1.54, 1.807) is 19.2 Å². The monoisotopic (exact) mass is 230 g/mol. The Morgan fingerprint density at radius 1 is 1.18 bits per heavy atom. The van der Waals surface area contributed by atoms with Gasteiger partial charge in [0.1, 0.15) is 5.76 Å². The highest BCUT2D eigenvalue weighted by molar-refractivity contribution is 5.72. The third kappa shape index (κ3) is 2.82. The van der Waals surface area contributed by atoms with Crippen LogP contribution in [-0.2, 0) is 11.2 Å². The summed E-state index contributed by atoms with van der Waals surface area (Å²) in [4.78, 5) is 10.5. The van der Waals surface area contributed by atoms with E-state index in [1.165, 1.54) is 5.56 Å². The normalized spacial score (nSPS) is 10.4. The van der Waals surface area contributed by atoms with Gasteiger partial charge in [0.2, 0.25) is 0 Å². The van der Waals surface area contributed by atoms with Gasteiger partial charge in [-0.15, -0.1) is 0 Å². The molecular weight excluding hydrogens is 216 g/mol. The zero-order valence-electron chi connectivity index (χ0n) is 9.68. The van der Waals surface area contributed by atoms with E-state index in [2.05, 4.69) is 0 Å². The SMILES string of the molecule is COCCc1ccc(-c2ccc(C=O)o2)cc1. The van der Waals surface area contributed by atoms with Crippen LogP contribution in [0.1, 0.15) is 16.1 Å². The maximum absolute atomic E-state index is 10.5. The lowest BCUT2D eigenvalue weighted by Crippen LogP contribution is -1.93. The summed E-state index contributed by atoms with van der Waals surface area (Å²) in [6.45, 7) is 0.718. The van der Waals surface area contributed by atoms with Gasteiger partial charge in [0.05, 0.1) is 6.61 Å². The van der Waals surface area contributed by atoms with Gasteiger partial charge in [0.25, 0.3) is 0 Å². The number of rotatable bonds is 5. The van der Waals surface area contributed by atoms with Crippen molar-refractivity contribution in [1.82, 2.24) is 0 Å². The highest BCUT2D eigenvalue weighted by Gasteiger charge is 2.03. The van der Waals surface area contributed by atoms with Gasteiger partial charge in [-0.05, 0) is 24.1 Å². The lowest BCUT2D eigenvalue weighted by molar-refractivity contribution is 0.110. The highest BCUT2D eigenvalue weighted by atomic mass is 16.5. The van der Waals surface area contributed by atoms with Crippen molar-refractivity contribution in [3.63, 3.8) is 0 Å². The van der Waals surface area contributed by atoms with Crippen LogP contribution in [0.5, 0.6) is 0 Å². The first-order valence-corrected chi connectivity index (χ1v) is 5.47. The predicted molar refractivity (Wildman–Crippen MR) is 65.1 cm³/mol. The number of carbonyl (C=O) groups is 1. The maximum Gasteiger partial charge on any atom is 0.185 e. The maximum atomic E-state index is 10.5. The van der Waals surface area contributed by atoms with Crippen molar-refractivity contribution >= 4 is 6.29 Å². The Hall–Kier alpha value is -1.87. The molecule has 1 heterocycles. The summed E-state index contributed by atoms with van der Waals surface area (Å²) in [5, 5.41) is 0. The molecule has 3 heteroatoms. The number of carbonyl (C=O) groups excluding carboxylic acids is 1. The van der Waals surface area contributed by atoms with Crippen molar-refractivity contribution in [1.29, 1.82) is 0 Å². The van der Waals surface area contributed by atoms with Gasteiger partial charge in [0.15, 0.2) is 12.0 Å². The van der Waals surface area contributed by atoms with E-state index in [9.17, 15) is 4.79 Å². The van der Waals surface area contributed by atoms with Crippen LogP contribution < -0.4 is 0 Å². The molecule has 1 aromatic heterocycles. The third-order valence-electron chi connectivity index (χ3n) is 2.58. The Labute approximate surface area is 100 Å². The molecule has 0 saturated heterocycles. The number of benzene rings is 1. The van der Waals surface area contributed by atoms with Crippen LogP contribution in [0.3, 0.4) is 0 Å². The molecule has 0 amide bonds. The van der Waals surface area contributed by atoms with E-state index in [1.807, 2.05) is 24.3 Å². The van der Waals surface area contributed by atoms with Crippen LogP contribution in [0.2, 0.25) is 0 Å². The minimum Gasteiger partial charge on any atom is -0.453 e. The van der Waals surface area contributed by atoms with Gasteiger partial charge in [-0.2, -0.15) is 0 Å². The first kappa shape index (κ1) is 11.6. The average Bonchev–Trinajstić information content (AvgIpc) is 2.86. The molecule has 3 nitrogen and oxygen atoms in total. The Morgan fingerprint density at radius 2 is 1.94 bits per heavy atom. The molecule has 17 heavy (non-hydrogen) atoms. The summed E-state index contributed by atoms with van der Waals surface area (Å²) in [6.07, 6.45) is 1.60. The largest absolute Gasteiger partial charge is 0.453 e. The van der Waals surface area contributed by atoms with Gasteiger partial charge in [-0.1, -0.05) is 24.3 Å². The molecule has 0 radical (unpaired) electrons. The molecule has 1 aromatic carbocycles. The van der Waals surface area contributed by atoms with Gasteiger partial charge >= 0.3 is 0 Å². The van der Waals surface area contributed by atoms with E-state index in [0.29, 0.717) is 17.8 Å². The molecule has 0 aliphatic rings. The lowest BCUT2D eigenvalue weighted by Gasteiger charge is -2.01. The molecule has 0 atom stereocenters. The molecule has 0 bridgehead atoms. The van der Waals surface area contributed by atoms with Crippen molar-refractivity contribution < 1.29 is 13.9 Å². The Kier molecular flexibility index (Phi) is 3.73. The van der Waals surface area contributed by atoms with Crippen molar-refractivity contribution in [3.05, 3.63) is 47.7 Å². The van der Waals surface area contributed by atoms with Crippen LogP contribution in [0, 0.1) is 0 Å². The quantitative estimate of drug-likeness (QED) is 0.741. The number of hydrogen-bond acceptors (Lipinski definition) is 3. The fraction of sp³-hybridized carbons (Fsp3) is 0.214. The van der Waals surface area contributed by atoms with E-state index < -0.39 is 0 Å². The molecule has 0 saturated carbocycles. The van der Waals surface area contributed by atoms with Crippen LogP contribution in [0.15, 0.2) is 40.8 Å². The second-order valence-corrected chi connectivity index (χ2v) is 3.76. The van der Waals surface area contributed by atoms with Crippen molar-refractivity contribution in [3.8, 4) is 11.3 Å². The fourth-order valence-corrected chi connectivity index (χ4v) is 1.63. The van der Waals surface area contributed by atoms with Crippen molar-refractivity contribution in [2.45, 2.75) is 6.42 Å². The minimum atomic E-state index is 0.350. The smallest absolute Gasteiger partial charge is 0.185 e. The molecular formula is C14H14O3. The van der Waals surface area contributed by atoms with Crippen LogP contribution in [0.25, 0.3) is 11.3 Å². The molecule has 0 aliphatic heterocycles. The predicted octanol–water partition coefficient (Wildman–Crippen LogP) is 2.95. The summed E-state index contributed by atoms with van der Waals surface area (Å²) >= 11 is 0. The first-order valence-electron chi connectivity index (χ1n) is 5.47. The molecule has 2 rings (SSSR count). The molecule has 0 N–H and O–H groups in total. The van der Waals surface area contributed by atoms with Gasteiger partial charge < -0.3 is 9.15 Å². The van der Waals surface area contributed by atoms with Gasteiger partial charge in [0, 0.05) is 12.7 Å². The highest BCUT2D eigenvalue weighted by Crippen LogP contribution is 2.22. The van der Waals surface area contributed by atoms with E-state index in [0.717, 1.165) is 18.6 Å². The summed E-state index contributed by atoms with van der Waals surface area (Å²) in [7, 11) is 1.69. The summed E-state index contributed by atoms with van der Waals surface area (Å²) < 4.78 is 10.4. The van der Waals surface area contributed by atoms with Crippen molar-refractivity contribution in [2.24, 2.45) is 0 Å². The molecule has 0 aliphatic carbocycles. The molecule has 88 valence electrons. The Bertz CT molecular complexity index is 482. The van der Waals surface area contributed by atoms with Crippen LogP contribution >= 0.6 is 0 Å². The van der Waals surface area contributed by atoms with Crippen LogP contribution in [-0.4, -0.2) is 20.0 Å². The molecule has 0 spiro atoms.